The molecule has 0 aliphatic heterocycles. The quantitative estimate of drug-likeness (QED) is 0.886. The fourth-order valence-corrected chi connectivity index (χ4v) is 2.34. The highest BCUT2D eigenvalue weighted by Gasteiger charge is 2.21. The summed E-state index contributed by atoms with van der Waals surface area (Å²) < 4.78 is 28.7. The van der Waals surface area contributed by atoms with Gasteiger partial charge in [-0.1, -0.05) is 26.0 Å². The van der Waals surface area contributed by atoms with Gasteiger partial charge in [0, 0.05) is 22.6 Å². The Morgan fingerprint density at radius 3 is 2.60 bits per heavy atom. The largest absolute Gasteiger partial charge is 0.310 e. The fourth-order valence-electron chi connectivity index (χ4n) is 1.89. The topological polar surface area (TPSA) is 29.9 Å². The minimum absolute atomic E-state index is 0.0648. The van der Waals surface area contributed by atoms with Gasteiger partial charge in [-0.15, -0.1) is 0 Å². The summed E-state index contributed by atoms with van der Waals surface area (Å²) in [5.74, 6) is 0. The van der Waals surface area contributed by atoms with E-state index < -0.39 is 6.43 Å². The lowest BCUT2D eigenvalue weighted by molar-refractivity contribution is 0.141. The van der Waals surface area contributed by atoms with E-state index >= 15 is 0 Å². The van der Waals surface area contributed by atoms with Gasteiger partial charge < -0.3 is 5.32 Å². The van der Waals surface area contributed by atoms with Crippen molar-refractivity contribution in [2.75, 3.05) is 0 Å². The first-order valence-electron chi connectivity index (χ1n) is 6.34. The van der Waals surface area contributed by atoms with E-state index in [9.17, 15) is 8.78 Å². The van der Waals surface area contributed by atoms with Crippen LogP contribution >= 0.6 is 15.9 Å². The summed E-state index contributed by atoms with van der Waals surface area (Å²) in [5, 5.41) is 7.25. The normalized spacial score (nSPS) is 11.6. The molecule has 0 bridgehead atoms. The van der Waals surface area contributed by atoms with Crippen LogP contribution in [0.5, 0.6) is 0 Å². The van der Waals surface area contributed by atoms with E-state index in [1.54, 1.807) is 18.2 Å². The molecule has 0 spiro atoms. The molecule has 0 aliphatic carbocycles. The second kappa shape index (κ2) is 6.45. The lowest BCUT2D eigenvalue weighted by Gasteiger charge is -2.12. The van der Waals surface area contributed by atoms with Gasteiger partial charge >= 0.3 is 0 Å². The summed E-state index contributed by atoms with van der Waals surface area (Å²) >= 11 is 3.37. The van der Waals surface area contributed by atoms with Crippen molar-refractivity contribution in [2.45, 2.75) is 32.9 Å². The van der Waals surface area contributed by atoms with Crippen LogP contribution in [0.2, 0.25) is 0 Å². The van der Waals surface area contributed by atoms with Gasteiger partial charge in [0.2, 0.25) is 0 Å². The van der Waals surface area contributed by atoms with E-state index in [0.717, 1.165) is 4.47 Å². The van der Waals surface area contributed by atoms with Crippen LogP contribution < -0.4 is 5.32 Å². The Balaban J connectivity index is 2.42. The lowest BCUT2D eigenvalue weighted by Crippen LogP contribution is -2.22. The highest BCUT2D eigenvalue weighted by Crippen LogP contribution is 2.29. The average Bonchev–Trinajstić information content (AvgIpc) is 2.80. The van der Waals surface area contributed by atoms with Gasteiger partial charge in [0.25, 0.3) is 6.43 Å². The molecule has 0 amide bonds. The third-order valence-corrected chi connectivity index (χ3v) is 3.54. The Kier molecular flexibility index (Phi) is 4.88. The summed E-state index contributed by atoms with van der Waals surface area (Å²) in [6, 6.07) is 7.41. The number of halogens is 3. The van der Waals surface area contributed by atoms with Crippen LogP contribution in [0.4, 0.5) is 8.78 Å². The van der Waals surface area contributed by atoms with Crippen molar-refractivity contribution in [3.63, 3.8) is 0 Å². The van der Waals surface area contributed by atoms with E-state index in [4.69, 9.17) is 0 Å². The number of alkyl halides is 2. The summed E-state index contributed by atoms with van der Waals surface area (Å²) in [7, 11) is 0. The standard InChI is InChI=1S/C14H16BrF2N3/c1-9(2)18-7-10-8-19-20(13(10)14(16)17)12-6-4-3-5-11(12)15/h3-6,8-9,14,18H,7H2,1-2H3. The van der Waals surface area contributed by atoms with Gasteiger partial charge in [-0.2, -0.15) is 5.10 Å². The molecule has 0 unspecified atom stereocenters. The number of hydrogen-bond acceptors (Lipinski definition) is 2. The maximum absolute atomic E-state index is 13.4. The summed E-state index contributed by atoms with van der Waals surface area (Å²) in [4.78, 5) is 0. The first-order valence-corrected chi connectivity index (χ1v) is 7.13. The van der Waals surface area contributed by atoms with Gasteiger partial charge in [0.15, 0.2) is 0 Å². The average molecular weight is 344 g/mol. The number of para-hydroxylation sites is 1. The summed E-state index contributed by atoms with van der Waals surface area (Å²) in [5.41, 5.74) is 1.06. The third-order valence-electron chi connectivity index (χ3n) is 2.87. The van der Waals surface area contributed by atoms with Crippen LogP contribution in [-0.4, -0.2) is 15.8 Å². The molecule has 0 fully saturated rings. The van der Waals surface area contributed by atoms with Crippen molar-refractivity contribution in [1.82, 2.24) is 15.1 Å². The maximum atomic E-state index is 13.4. The number of benzene rings is 1. The molecule has 1 heterocycles. The van der Waals surface area contributed by atoms with Gasteiger partial charge in [-0.3, -0.25) is 0 Å². The van der Waals surface area contributed by atoms with E-state index in [2.05, 4.69) is 26.3 Å². The van der Waals surface area contributed by atoms with Gasteiger partial charge in [0.05, 0.1) is 11.9 Å². The minimum Gasteiger partial charge on any atom is -0.310 e. The smallest absolute Gasteiger partial charge is 0.280 e. The molecule has 2 rings (SSSR count). The van der Waals surface area contributed by atoms with Crippen molar-refractivity contribution in [3.05, 3.63) is 46.2 Å². The fraction of sp³-hybridized carbons (Fsp3) is 0.357. The highest BCUT2D eigenvalue weighted by atomic mass is 79.9. The first kappa shape index (κ1) is 15.1. The van der Waals surface area contributed by atoms with E-state index in [0.29, 0.717) is 17.8 Å². The molecule has 0 radical (unpaired) electrons. The molecule has 0 saturated carbocycles. The van der Waals surface area contributed by atoms with E-state index in [-0.39, 0.29) is 11.7 Å². The Morgan fingerprint density at radius 1 is 1.30 bits per heavy atom. The Bertz CT molecular complexity index is 582. The second-order valence-corrected chi connectivity index (χ2v) is 5.61. The predicted octanol–water partition coefficient (Wildman–Crippen LogP) is 4.07. The maximum Gasteiger partial charge on any atom is 0.280 e. The lowest BCUT2D eigenvalue weighted by atomic mass is 10.2. The first-order chi connectivity index (χ1) is 9.50. The van der Waals surface area contributed by atoms with Gasteiger partial charge in [0.1, 0.15) is 5.69 Å². The molecule has 0 aliphatic rings. The van der Waals surface area contributed by atoms with Crippen LogP contribution in [0.25, 0.3) is 5.69 Å². The number of hydrogen-bond donors (Lipinski definition) is 1. The molecule has 3 nitrogen and oxygen atoms in total. The molecule has 2 aromatic rings. The highest BCUT2D eigenvalue weighted by molar-refractivity contribution is 9.10. The van der Waals surface area contributed by atoms with Crippen LogP contribution in [0.1, 0.15) is 31.5 Å². The minimum atomic E-state index is -2.58. The third kappa shape index (κ3) is 3.24. The molecule has 20 heavy (non-hydrogen) atoms. The van der Waals surface area contributed by atoms with Crippen molar-refractivity contribution in [3.8, 4) is 5.69 Å². The second-order valence-electron chi connectivity index (χ2n) is 4.75. The zero-order valence-electron chi connectivity index (χ0n) is 11.3. The zero-order valence-corrected chi connectivity index (χ0v) is 12.9. The number of rotatable bonds is 5. The molecule has 1 aromatic carbocycles. The molecule has 0 saturated heterocycles. The monoisotopic (exact) mass is 343 g/mol. The van der Waals surface area contributed by atoms with Crippen LogP contribution in [0, 0.1) is 0 Å². The van der Waals surface area contributed by atoms with Crippen molar-refractivity contribution in [1.29, 1.82) is 0 Å². The summed E-state index contributed by atoms with van der Waals surface area (Å²) in [6.07, 6.45) is -1.08. The SMILES string of the molecule is CC(C)NCc1cnn(-c2ccccc2Br)c1C(F)F. The van der Waals surface area contributed by atoms with E-state index in [1.807, 2.05) is 19.9 Å². The zero-order chi connectivity index (χ0) is 14.7. The van der Waals surface area contributed by atoms with Crippen LogP contribution in [0.3, 0.4) is 0 Å². The number of nitrogens with one attached hydrogen (secondary N) is 1. The molecule has 1 aromatic heterocycles. The molecule has 6 heteroatoms. The van der Waals surface area contributed by atoms with Crippen molar-refractivity contribution < 1.29 is 8.78 Å². The molecule has 1 N–H and O–H groups in total. The predicted molar refractivity (Wildman–Crippen MR) is 78.2 cm³/mol. The van der Waals surface area contributed by atoms with Crippen molar-refractivity contribution >= 4 is 15.9 Å². The number of nitrogens with zero attached hydrogens (tertiary/aromatic N) is 2. The van der Waals surface area contributed by atoms with E-state index in [1.165, 1.54) is 10.9 Å². The Hall–Kier alpha value is -1.27. The van der Waals surface area contributed by atoms with Gasteiger partial charge in [-0.05, 0) is 28.1 Å². The Labute approximate surface area is 125 Å². The number of aromatic nitrogens is 2. The molecule has 0 atom stereocenters. The Morgan fingerprint density at radius 2 is 2.00 bits per heavy atom. The van der Waals surface area contributed by atoms with Gasteiger partial charge in [-0.25, -0.2) is 13.5 Å². The van der Waals surface area contributed by atoms with Crippen LogP contribution in [0.15, 0.2) is 34.9 Å². The molecular weight excluding hydrogens is 328 g/mol. The molecular formula is C14H16BrF2N3. The molecule has 108 valence electrons. The van der Waals surface area contributed by atoms with Crippen LogP contribution in [-0.2, 0) is 6.54 Å². The van der Waals surface area contributed by atoms with Crippen molar-refractivity contribution in [2.24, 2.45) is 0 Å². The summed E-state index contributed by atoms with van der Waals surface area (Å²) in [6.45, 7) is 4.32.